The molecule has 0 radical (unpaired) electrons. The highest BCUT2D eigenvalue weighted by Crippen LogP contribution is 2.18. The predicted octanol–water partition coefficient (Wildman–Crippen LogP) is 4.70. The van der Waals surface area contributed by atoms with Gasteiger partial charge in [0.1, 0.15) is 12.4 Å². The molecule has 0 fully saturated rings. The molecular weight excluding hydrogens is 350 g/mol. The van der Waals surface area contributed by atoms with Gasteiger partial charge < -0.3 is 10.1 Å². The van der Waals surface area contributed by atoms with Crippen molar-refractivity contribution in [2.75, 3.05) is 5.32 Å². The van der Waals surface area contributed by atoms with Crippen molar-refractivity contribution in [2.45, 2.75) is 6.61 Å². The SMILES string of the molecule is O=C(Nc1ccc(OCc2ccccc2)cc1)c1cnn(-c2ccccc2)c1. The molecule has 0 aliphatic carbocycles. The molecule has 0 spiro atoms. The second kappa shape index (κ2) is 8.22. The number of nitrogens with zero attached hydrogens (tertiary/aromatic N) is 2. The third kappa shape index (κ3) is 4.27. The summed E-state index contributed by atoms with van der Waals surface area (Å²) in [5.74, 6) is 0.541. The lowest BCUT2D eigenvalue weighted by molar-refractivity contribution is 0.102. The van der Waals surface area contributed by atoms with Crippen molar-refractivity contribution in [2.24, 2.45) is 0 Å². The number of ether oxygens (including phenoxy) is 1. The summed E-state index contributed by atoms with van der Waals surface area (Å²) in [6.45, 7) is 0.505. The summed E-state index contributed by atoms with van der Waals surface area (Å²) in [6, 6.07) is 27.0. The normalized spacial score (nSPS) is 10.4. The van der Waals surface area contributed by atoms with Gasteiger partial charge in [-0.15, -0.1) is 0 Å². The number of carbonyl (C=O) groups is 1. The van der Waals surface area contributed by atoms with Crippen LogP contribution in [0.25, 0.3) is 5.69 Å². The first-order valence-corrected chi connectivity index (χ1v) is 8.96. The van der Waals surface area contributed by atoms with Crippen LogP contribution in [-0.4, -0.2) is 15.7 Å². The number of carbonyl (C=O) groups excluding carboxylic acids is 1. The zero-order valence-electron chi connectivity index (χ0n) is 15.2. The Kier molecular flexibility index (Phi) is 5.15. The van der Waals surface area contributed by atoms with Gasteiger partial charge in [-0.2, -0.15) is 5.10 Å². The second-order valence-corrected chi connectivity index (χ2v) is 6.26. The molecule has 0 aliphatic rings. The van der Waals surface area contributed by atoms with Crippen LogP contribution in [0.15, 0.2) is 97.3 Å². The van der Waals surface area contributed by atoms with Crippen molar-refractivity contribution in [3.8, 4) is 11.4 Å². The van der Waals surface area contributed by atoms with Gasteiger partial charge in [0.2, 0.25) is 0 Å². The van der Waals surface area contributed by atoms with E-state index in [0.29, 0.717) is 17.9 Å². The molecule has 1 N–H and O–H groups in total. The van der Waals surface area contributed by atoms with Crippen molar-refractivity contribution < 1.29 is 9.53 Å². The Hall–Kier alpha value is -3.86. The molecule has 0 aliphatic heterocycles. The molecule has 4 rings (SSSR count). The van der Waals surface area contributed by atoms with Gasteiger partial charge in [0.25, 0.3) is 5.91 Å². The zero-order chi connectivity index (χ0) is 19.2. The molecule has 1 heterocycles. The molecule has 0 unspecified atom stereocenters. The van der Waals surface area contributed by atoms with Gasteiger partial charge in [-0.25, -0.2) is 4.68 Å². The summed E-state index contributed by atoms with van der Waals surface area (Å²) in [5.41, 5.74) is 3.20. The van der Waals surface area contributed by atoms with Crippen LogP contribution in [0.2, 0.25) is 0 Å². The average molecular weight is 369 g/mol. The smallest absolute Gasteiger partial charge is 0.258 e. The minimum atomic E-state index is -0.208. The first kappa shape index (κ1) is 17.5. The number of hydrogen-bond donors (Lipinski definition) is 1. The molecule has 0 atom stereocenters. The lowest BCUT2D eigenvalue weighted by atomic mass is 10.2. The van der Waals surface area contributed by atoms with Crippen LogP contribution in [0.3, 0.4) is 0 Å². The number of benzene rings is 3. The van der Waals surface area contributed by atoms with Gasteiger partial charge >= 0.3 is 0 Å². The van der Waals surface area contributed by atoms with Crippen LogP contribution in [-0.2, 0) is 6.61 Å². The molecule has 5 nitrogen and oxygen atoms in total. The summed E-state index contributed by atoms with van der Waals surface area (Å²) < 4.78 is 7.44. The number of anilines is 1. The van der Waals surface area contributed by atoms with E-state index in [9.17, 15) is 4.79 Å². The number of aromatic nitrogens is 2. The van der Waals surface area contributed by atoms with E-state index in [1.807, 2.05) is 84.9 Å². The Bertz CT molecular complexity index is 1040. The Balaban J connectivity index is 1.36. The molecule has 1 amide bonds. The third-order valence-electron chi connectivity index (χ3n) is 4.23. The first-order chi connectivity index (χ1) is 13.8. The predicted molar refractivity (Wildman–Crippen MR) is 109 cm³/mol. The molecule has 0 bridgehead atoms. The highest BCUT2D eigenvalue weighted by atomic mass is 16.5. The fourth-order valence-corrected chi connectivity index (χ4v) is 2.74. The van der Waals surface area contributed by atoms with E-state index in [1.165, 1.54) is 0 Å². The van der Waals surface area contributed by atoms with Crippen LogP contribution in [0.1, 0.15) is 15.9 Å². The van der Waals surface area contributed by atoms with Crippen molar-refractivity contribution in [3.05, 3.63) is 108 Å². The van der Waals surface area contributed by atoms with Gasteiger partial charge in [-0.1, -0.05) is 48.5 Å². The highest BCUT2D eigenvalue weighted by Gasteiger charge is 2.10. The van der Waals surface area contributed by atoms with E-state index < -0.39 is 0 Å². The number of amides is 1. The Morgan fingerprint density at radius 3 is 2.29 bits per heavy atom. The molecule has 0 saturated heterocycles. The largest absolute Gasteiger partial charge is 0.489 e. The standard InChI is InChI=1S/C23H19N3O2/c27-23(19-15-24-26(16-19)21-9-5-2-6-10-21)25-20-11-13-22(14-12-20)28-17-18-7-3-1-4-8-18/h1-16H,17H2,(H,25,27). The molecule has 5 heteroatoms. The van der Waals surface area contributed by atoms with Crippen LogP contribution in [0, 0.1) is 0 Å². The Morgan fingerprint density at radius 1 is 0.893 bits per heavy atom. The second-order valence-electron chi connectivity index (χ2n) is 6.26. The fraction of sp³-hybridized carbons (Fsp3) is 0.0435. The van der Waals surface area contributed by atoms with Crippen LogP contribution >= 0.6 is 0 Å². The summed E-state index contributed by atoms with van der Waals surface area (Å²) in [6.07, 6.45) is 3.27. The van der Waals surface area contributed by atoms with E-state index in [2.05, 4.69) is 10.4 Å². The number of para-hydroxylation sites is 1. The molecule has 0 saturated carbocycles. The average Bonchev–Trinajstić information content (AvgIpc) is 3.25. The van der Waals surface area contributed by atoms with E-state index in [4.69, 9.17) is 4.74 Å². The molecular formula is C23H19N3O2. The maximum Gasteiger partial charge on any atom is 0.258 e. The zero-order valence-corrected chi connectivity index (χ0v) is 15.2. The lowest BCUT2D eigenvalue weighted by Gasteiger charge is -2.08. The number of nitrogens with one attached hydrogen (secondary N) is 1. The summed E-state index contributed by atoms with van der Waals surface area (Å²) >= 11 is 0. The minimum Gasteiger partial charge on any atom is -0.489 e. The van der Waals surface area contributed by atoms with E-state index in [0.717, 1.165) is 17.0 Å². The van der Waals surface area contributed by atoms with Gasteiger partial charge in [-0.05, 0) is 42.0 Å². The van der Waals surface area contributed by atoms with Crippen molar-refractivity contribution >= 4 is 11.6 Å². The van der Waals surface area contributed by atoms with Crippen molar-refractivity contribution in [3.63, 3.8) is 0 Å². The fourth-order valence-electron chi connectivity index (χ4n) is 2.74. The van der Waals surface area contributed by atoms with Crippen LogP contribution in [0.5, 0.6) is 5.75 Å². The van der Waals surface area contributed by atoms with E-state index in [-0.39, 0.29) is 5.91 Å². The van der Waals surface area contributed by atoms with Gasteiger partial charge in [-0.3, -0.25) is 4.79 Å². The minimum absolute atomic E-state index is 0.208. The van der Waals surface area contributed by atoms with Crippen LogP contribution in [0.4, 0.5) is 5.69 Å². The van der Waals surface area contributed by atoms with Gasteiger partial charge in [0.15, 0.2) is 0 Å². The maximum absolute atomic E-state index is 12.5. The summed E-state index contributed by atoms with van der Waals surface area (Å²) in [4.78, 5) is 12.5. The molecule has 28 heavy (non-hydrogen) atoms. The van der Waals surface area contributed by atoms with E-state index >= 15 is 0 Å². The number of hydrogen-bond acceptors (Lipinski definition) is 3. The quantitative estimate of drug-likeness (QED) is 0.536. The highest BCUT2D eigenvalue weighted by molar-refractivity contribution is 6.04. The third-order valence-corrected chi connectivity index (χ3v) is 4.23. The Labute approximate surface area is 163 Å². The van der Waals surface area contributed by atoms with Gasteiger partial charge in [0.05, 0.1) is 17.4 Å². The summed E-state index contributed by atoms with van der Waals surface area (Å²) in [7, 11) is 0. The molecule has 138 valence electrons. The molecule has 3 aromatic carbocycles. The molecule has 4 aromatic rings. The van der Waals surface area contributed by atoms with Crippen molar-refractivity contribution in [1.82, 2.24) is 9.78 Å². The molecule has 1 aromatic heterocycles. The van der Waals surface area contributed by atoms with Crippen molar-refractivity contribution in [1.29, 1.82) is 0 Å². The van der Waals surface area contributed by atoms with Crippen LogP contribution < -0.4 is 10.1 Å². The van der Waals surface area contributed by atoms with E-state index in [1.54, 1.807) is 17.1 Å². The number of rotatable bonds is 6. The lowest BCUT2D eigenvalue weighted by Crippen LogP contribution is -2.11. The monoisotopic (exact) mass is 369 g/mol. The Morgan fingerprint density at radius 2 is 1.57 bits per heavy atom. The maximum atomic E-state index is 12.5. The first-order valence-electron chi connectivity index (χ1n) is 8.96. The topological polar surface area (TPSA) is 56.1 Å². The van der Waals surface area contributed by atoms with Gasteiger partial charge in [0, 0.05) is 11.9 Å². The summed E-state index contributed by atoms with van der Waals surface area (Å²) in [5, 5.41) is 7.13.